The Bertz CT molecular complexity index is 945. The molecule has 0 spiro atoms. The van der Waals surface area contributed by atoms with Gasteiger partial charge in [-0.25, -0.2) is 0 Å². The first-order valence-electron chi connectivity index (χ1n) is 8.74. The van der Waals surface area contributed by atoms with Gasteiger partial charge in [-0.15, -0.1) is 11.8 Å². The van der Waals surface area contributed by atoms with Crippen molar-refractivity contribution < 1.29 is 19.2 Å². The van der Waals surface area contributed by atoms with E-state index >= 15 is 0 Å². The lowest BCUT2D eigenvalue weighted by atomic mass is 10.2. The molecule has 8 nitrogen and oxygen atoms in total. The molecule has 1 atom stereocenters. The summed E-state index contributed by atoms with van der Waals surface area (Å²) in [5.41, 5.74) is 1.11. The van der Waals surface area contributed by atoms with Crippen molar-refractivity contribution >= 4 is 41.0 Å². The van der Waals surface area contributed by atoms with E-state index in [2.05, 4.69) is 5.32 Å². The number of nitrogens with zero attached hydrogens (tertiary/aromatic N) is 2. The number of nitrogens with one attached hydrogen (secondary N) is 1. The summed E-state index contributed by atoms with van der Waals surface area (Å²) in [7, 11) is 1.56. The highest BCUT2D eigenvalue weighted by Crippen LogP contribution is 2.24. The number of benzene rings is 2. The Morgan fingerprint density at radius 3 is 2.72 bits per heavy atom. The number of anilines is 1. The van der Waals surface area contributed by atoms with E-state index < -0.39 is 11.0 Å². The summed E-state index contributed by atoms with van der Waals surface area (Å²) in [5.74, 6) is 0.994. The maximum atomic E-state index is 12.6. The van der Waals surface area contributed by atoms with Gasteiger partial charge in [-0.1, -0.05) is 12.1 Å². The molecule has 0 aliphatic carbocycles. The van der Waals surface area contributed by atoms with Crippen LogP contribution in [0.1, 0.15) is 5.56 Å². The number of amides is 2. The normalized spacial score (nSPS) is 16.0. The number of methoxy groups -OCH3 is 1. The largest absolute Gasteiger partial charge is 0.497 e. The maximum Gasteiger partial charge on any atom is 0.270 e. The first-order chi connectivity index (χ1) is 14.0. The monoisotopic (exact) mass is 413 g/mol. The van der Waals surface area contributed by atoms with Gasteiger partial charge in [0, 0.05) is 29.6 Å². The van der Waals surface area contributed by atoms with Crippen LogP contribution in [-0.2, 0) is 9.59 Å². The molecule has 2 aromatic rings. The predicted octanol–water partition coefficient (Wildman–Crippen LogP) is 3.16. The summed E-state index contributed by atoms with van der Waals surface area (Å²) in [4.78, 5) is 37.1. The van der Waals surface area contributed by atoms with Gasteiger partial charge in [0.25, 0.3) is 5.69 Å². The van der Waals surface area contributed by atoms with E-state index in [9.17, 15) is 19.7 Å². The molecule has 0 aromatic heterocycles. The molecule has 1 saturated heterocycles. The van der Waals surface area contributed by atoms with Crippen LogP contribution in [0, 0.1) is 10.1 Å². The van der Waals surface area contributed by atoms with Gasteiger partial charge in [-0.3, -0.25) is 19.7 Å². The van der Waals surface area contributed by atoms with Crippen molar-refractivity contribution in [3.63, 3.8) is 0 Å². The summed E-state index contributed by atoms with van der Waals surface area (Å²) in [5, 5.41) is 13.7. The first-order valence-corrected chi connectivity index (χ1v) is 9.89. The third-order valence-corrected chi connectivity index (χ3v) is 5.34. The summed E-state index contributed by atoms with van der Waals surface area (Å²) >= 11 is 1.49. The van der Waals surface area contributed by atoms with Gasteiger partial charge in [-0.2, -0.15) is 0 Å². The second kappa shape index (κ2) is 9.24. The molecule has 3 rings (SSSR count). The number of carbonyl (C=O) groups excluding carboxylic acids is 2. The summed E-state index contributed by atoms with van der Waals surface area (Å²) in [6, 6.07) is 12.3. The van der Waals surface area contributed by atoms with Crippen LogP contribution >= 0.6 is 11.8 Å². The Labute approximate surface area is 171 Å². The van der Waals surface area contributed by atoms with E-state index in [0.717, 1.165) is 0 Å². The highest BCUT2D eigenvalue weighted by atomic mass is 32.2. The number of hydrogen-bond acceptors (Lipinski definition) is 6. The van der Waals surface area contributed by atoms with Gasteiger partial charge in [-0.05, 0) is 35.9 Å². The van der Waals surface area contributed by atoms with Crippen LogP contribution in [0.2, 0.25) is 0 Å². The van der Waals surface area contributed by atoms with Crippen LogP contribution in [0.3, 0.4) is 0 Å². The minimum Gasteiger partial charge on any atom is -0.497 e. The topological polar surface area (TPSA) is 102 Å². The zero-order valence-electron chi connectivity index (χ0n) is 15.6. The van der Waals surface area contributed by atoms with E-state index in [-0.39, 0.29) is 17.5 Å². The van der Waals surface area contributed by atoms with Crippen LogP contribution in [0.15, 0.2) is 54.6 Å². The molecule has 1 unspecified atom stereocenters. The average molecular weight is 413 g/mol. The molecule has 9 heteroatoms. The van der Waals surface area contributed by atoms with E-state index in [0.29, 0.717) is 28.6 Å². The van der Waals surface area contributed by atoms with Crippen molar-refractivity contribution in [2.75, 3.05) is 24.1 Å². The maximum absolute atomic E-state index is 12.6. The van der Waals surface area contributed by atoms with Crippen LogP contribution in [0.25, 0.3) is 6.08 Å². The second-order valence-electron chi connectivity index (χ2n) is 6.23. The number of nitro groups is 1. The van der Waals surface area contributed by atoms with E-state index in [1.807, 2.05) is 0 Å². The Balaban J connectivity index is 1.65. The number of hydrogen-bond donors (Lipinski definition) is 1. The summed E-state index contributed by atoms with van der Waals surface area (Å²) in [6.45, 7) is 0. The molecule has 1 fully saturated rings. The van der Waals surface area contributed by atoms with Crippen molar-refractivity contribution in [1.82, 2.24) is 4.90 Å². The van der Waals surface area contributed by atoms with Crippen LogP contribution in [-0.4, -0.2) is 46.4 Å². The molecule has 1 N–H and O–H groups in total. The Morgan fingerprint density at radius 2 is 2.03 bits per heavy atom. The SMILES string of the molecule is COc1ccc(NC(=O)C2CSCN2C(=O)/C=C/c2cccc([N+](=O)[O-])c2)cc1. The Hall–Kier alpha value is -3.33. The van der Waals surface area contributed by atoms with Crippen molar-refractivity contribution in [2.45, 2.75) is 6.04 Å². The Morgan fingerprint density at radius 1 is 1.28 bits per heavy atom. The molecule has 150 valence electrons. The van der Waals surface area contributed by atoms with Gasteiger partial charge < -0.3 is 15.0 Å². The first kappa shape index (κ1) is 20.4. The minimum absolute atomic E-state index is 0.0481. The van der Waals surface area contributed by atoms with Gasteiger partial charge in [0.1, 0.15) is 11.8 Å². The molecule has 0 saturated carbocycles. The molecule has 1 aliphatic heterocycles. The fourth-order valence-electron chi connectivity index (χ4n) is 2.78. The standard InChI is InChI=1S/C20H19N3O5S/c1-28-17-8-6-15(7-9-17)21-20(25)18-12-29-13-22(18)19(24)10-5-14-3-2-4-16(11-14)23(26)27/h2-11,18H,12-13H2,1H3,(H,21,25)/b10-5+. The van der Waals surface area contributed by atoms with Gasteiger partial charge in [0.05, 0.1) is 17.9 Å². The zero-order chi connectivity index (χ0) is 20.8. The van der Waals surface area contributed by atoms with Crippen LogP contribution in [0.4, 0.5) is 11.4 Å². The number of non-ortho nitro benzene ring substituents is 1. The second-order valence-corrected chi connectivity index (χ2v) is 7.23. The summed E-state index contributed by atoms with van der Waals surface area (Å²) in [6.07, 6.45) is 2.84. The molecular formula is C20H19N3O5S. The lowest BCUT2D eigenvalue weighted by Gasteiger charge is -2.21. The van der Waals surface area contributed by atoms with Gasteiger partial charge >= 0.3 is 0 Å². The molecular weight excluding hydrogens is 394 g/mol. The van der Waals surface area contributed by atoms with E-state index in [1.165, 1.54) is 40.9 Å². The molecule has 2 amide bonds. The third-order valence-electron chi connectivity index (χ3n) is 4.32. The fraction of sp³-hybridized carbons (Fsp3) is 0.200. The zero-order valence-corrected chi connectivity index (χ0v) is 16.4. The molecule has 0 bridgehead atoms. The molecule has 2 aromatic carbocycles. The smallest absolute Gasteiger partial charge is 0.270 e. The summed E-state index contributed by atoms with van der Waals surface area (Å²) < 4.78 is 5.09. The predicted molar refractivity (Wildman–Crippen MR) is 112 cm³/mol. The Kier molecular flexibility index (Phi) is 6.50. The van der Waals surface area contributed by atoms with E-state index in [4.69, 9.17) is 4.74 Å². The lowest BCUT2D eigenvalue weighted by Crippen LogP contribution is -2.43. The highest BCUT2D eigenvalue weighted by Gasteiger charge is 2.33. The van der Waals surface area contributed by atoms with E-state index in [1.54, 1.807) is 43.5 Å². The minimum atomic E-state index is -0.593. The van der Waals surface area contributed by atoms with Crippen molar-refractivity contribution in [3.05, 3.63) is 70.3 Å². The fourth-order valence-corrected chi connectivity index (χ4v) is 3.95. The number of thioether (sulfide) groups is 1. The third kappa shape index (κ3) is 5.14. The van der Waals surface area contributed by atoms with Crippen molar-refractivity contribution in [3.8, 4) is 5.75 Å². The lowest BCUT2D eigenvalue weighted by molar-refractivity contribution is -0.384. The van der Waals surface area contributed by atoms with Crippen molar-refractivity contribution in [2.24, 2.45) is 0 Å². The number of nitro benzene ring substituents is 1. The number of rotatable bonds is 6. The number of ether oxygens (including phenoxy) is 1. The average Bonchev–Trinajstić information content (AvgIpc) is 3.23. The number of carbonyl (C=O) groups is 2. The van der Waals surface area contributed by atoms with Gasteiger partial charge in [0.15, 0.2) is 0 Å². The molecule has 1 heterocycles. The highest BCUT2D eigenvalue weighted by molar-refractivity contribution is 7.99. The van der Waals surface area contributed by atoms with Crippen LogP contribution in [0.5, 0.6) is 5.75 Å². The molecule has 1 aliphatic rings. The molecule has 29 heavy (non-hydrogen) atoms. The van der Waals surface area contributed by atoms with Crippen LogP contribution < -0.4 is 10.1 Å². The molecule has 0 radical (unpaired) electrons. The van der Waals surface area contributed by atoms with Crippen molar-refractivity contribution in [1.29, 1.82) is 0 Å². The quantitative estimate of drug-likeness (QED) is 0.443. The van der Waals surface area contributed by atoms with Gasteiger partial charge in [0.2, 0.25) is 11.8 Å².